The molecular weight excluding hydrogens is 343 g/mol. The predicted molar refractivity (Wildman–Crippen MR) is 101 cm³/mol. The molecule has 1 N–H and O–H groups in total. The third kappa shape index (κ3) is 3.90. The van der Waals surface area contributed by atoms with Gasteiger partial charge >= 0.3 is 0 Å². The Morgan fingerprint density at radius 1 is 1.26 bits per heavy atom. The number of carbonyl (C=O) groups excluding carboxylic acids is 1. The fourth-order valence-electron chi connectivity index (χ4n) is 4.64. The third-order valence-corrected chi connectivity index (χ3v) is 6.07. The first-order valence-corrected chi connectivity index (χ1v) is 9.87. The van der Waals surface area contributed by atoms with Crippen LogP contribution in [0.25, 0.3) is 0 Å². The van der Waals surface area contributed by atoms with E-state index in [2.05, 4.69) is 15.3 Å². The van der Waals surface area contributed by atoms with E-state index < -0.39 is 0 Å². The zero-order chi connectivity index (χ0) is 18.8. The van der Waals surface area contributed by atoms with Crippen LogP contribution in [-0.2, 0) is 24.8 Å². The molecule has 5 nitrogen and oxygen atoms in total. The van der Waals surface area contributed by atoms with E-state index in [-0.39, 0.29) is 23.8 Å². The Balaban J connectivity index is 1.61. The molecule has 27 heavy (non-hydrogen) atoms. The number of aryl methyl sites for hydroxylation is 1. The molecule has 6 heteroatoms. The van der Waals surface area contributed by atoms with Crippen molar-refractivity contribution in [2.45, 2.75) is 63.2 Å². The molecule has 1 aromatic heterocycles. The highest BCUT2D eigenvalue weighted by Gasteiger charge is 2.42. The van der Waals surface area contributed by atoms with Crippen LogP contribution in [0.5, 0.6) is 0 Å². The van der Waals surface area contributed by atoms with Crippen molar-refractivity contribution in [3.63, 3.8) is 0 Å². The molecule has 0 aliphatic carbocycles. The number of carbonyl (C=O) groups is 1. The molecule has 2 saturated heterocycles. The largest absolute Gasteiger partial charge is 0.352 e. The molecule has 1 amide bonds. The number of halogens is 1. The van der Waals surface area contributed by atoms with Gasteiger partial charge in [-0.15, -0.1) is 0 Å². The van der Waals surface area contributed by atoms with Crippen LogP contribution >= 0.6 is 0 Å². The number of aromatic nitrogens is 2. The normalized spacial score (nSPS) is 26.3. The molecule has 0 radical (unpaired) electrons. The van der Waals surface area contributed by atoms with Crippen LogP contribution in [-0.4, -0.2) is 38.7 Å². The van der Waals surface area contributed by atoms with Gasteiger partial charge in [-0.3, -0.25) is 14.4 Å². The van der Waals surface area contributed by atoms with Gasteiger partial charge in [-0.2, -0.15) is 5.10 Å². The summed E-state index contributed by atoms with van der Waals surface area (Å²) in [5, 5.41) is 7.53. The van der Waals surface area contributed by atoms with Gasteiger partial charge in [0.2, 0.25) is 5.91 Å². The molecule has 0 bridgehead atoms. The number of rotatable bonds is 4. The van der Waals surface area contributed by atoms with Gasteiger partial charge in [0.1, 0.15) is 5.82 Å². The fourth-order valence-corrected chi connectivity index (χ4v) is 4.64. The Morgan fingerprint density at radius 3 is 2.89 bits per heavy atom. The lowest BCUT2D eigenvalue weighted by atomic mass is 9.97. The van der Waals surface area contributed by atoms with Crippen molar-refractivity contribution in [3.8, 4) is 0 Å². The number of nitrogens with zero attached hydrogens (tertiary/aromatic N) is 3. The summed E-state index contributed by atoms with van der Waals surface area (Å²) < 4.78 is 16.2. The zero-order valence-corrected chi connectivity index (χ0v) is 15.8. The molecule has 144 valence electrons. The summed E-state index contributed by atoms with van der Waals surface area (Å²) in [6.45, 7) is 0.770. The van der Waals surface area contributed by atoms with Crippen LogP contribution in [0.2, 0.25) is 0 Å². The maximum Gasteiger partial charge on any atom is 0.220 e. The van der Waals surface area contributed by atoms with Crippen molar-refractivity contribution in [1.29, 1.82) is 0 Å². The van der Waals surface area contributed by atoms with Gasteiger partial charge in [-0.05, 0) is 43.4 Å². The summed E-state index contributed by atoms with van der Waals surface area (Å²) in [5.41, 5.74) is 1.89. The number of hydrogen-bond acceptors (Lipinski definition) is 3. The topological polar surface area (TPSA) is 50.2 Å². The van der Waals surface area contributed by atoms with Crippen LogP contribution in [0.15, 0.2) is 36.5 Å². The van der Waals surface area contributed by atoms with Gasteiger partial charge in [0.05, 0.1) is 5.69 Å². The number of hydrogen-bond donors (Lipinski definition) is 1. The van der Waals surface area contributed by atoms with Crippen molar-refractivity contribution < 1.29 is 9.18 Å². The van der Waals surface area contributed by atoms with E-state index in [4.69, 9.17) is 0 Å². The van der Waals surface area contributed by atoms with Gasteiger partial charge < -0.3 is 5.32 Å². The molecule has 0 saturated carbocycles. The second-order valence-corrected chi connectivity index (χ2v) is 7.79. The first-order valence-electron chi connectivity index (χ1n) is 9.87. The molecule has 2 aliphatic rings. The lowest BCUT2D eigenvalue weighted by molar-refractivity contribution is -0.122. The average Bonchev–Trinajstić information content (AvgIpc) is 3.17. The van der Waals surface area contributed by atoms with Crippen LogP contribution in [0.3, 0.4) is 0 Å². The summed E-state index contributed by atoms with van der Waals surface area (Å²) in [6.07, 6.45) is 7.01. The zero-order valence-electron chi connectivity index (χ0n) is 15.8. The third-order valence-electron chi connectivity index (χ3n) is 6.07. The Labute approximate surface area is 159 Å². The Bertz CT molecular complexity index is 805. The van der Waals surface area contributed by atoms with Crippen LogP contribution < -0.4 is 5.32 Å². The maximum atomic E-state index is 14.3. The second-order valence-electron chi connectivity index (χ2n) is 7.79. The maximum absolute atomic E-state index is 14.3. The molecule has 1 aromatic carbocycles. The lowest BCUT2D eigenvalue weighted by Gasteiger charge is -2.33. The van der Waals surface area contributed by atoms with Crippen molar-refractivity contribution in [3.05, 3.63) is 53.6 Å². The summed E-state index contributed by atoms with van der Waals surface area (Å²) in [7, 11) is 1.95. The van der Waals surface area contributed by atoms with E-state index in [9.17, 15) is 9.18 Å². The second kappa shape index (κ2) is 7.80. The minimum Gasteiger partial charge on any atom is -0.352 e. The summed E-state index contributed by atoms with van der Waals surface area (Å²) in [4.78, 5) is 14.6. The summed E-state index contributed by atoms with van der Waals surface area (Å²) in [6, 6.07) is 9.69. The van der Waals surface area contributed by atoms with Gasteiger partial charge in [-0.25, -0.2) is 4.39 Å². The first kappa shape index (κ1) is 18.2. The average molecular weight is 370 g/mol. The smallest absolute Gasteiger partial charge is 0.220 e. The molecule has 2 aromatic rings. The Hall–Kier alpha value is -2.21. The van der Waals surface area contributed by atoms with Gasteiger partial charge in [0.15, 0.2) is 0 Å². The molecule has 0 spiro atoms. The lowest BCUT2D eigenvalue weighted by Crippen LogP contribution is -2.46. The molecule has 2 aliphatic heterocycles. The highest BCUT2D eigenvalue weighted by molar-refractivity contribution is 5.76. The number of fused-ring (bicyclic) bond motifs is 1. The molecule has 3 heterocycles. The standard InChI is InChI=1S/C21H27FN4O/c1-25-16(10-11-23-25)14-26-17(12-15-6-2-3-7-18(15)22)13-19-20(26)8-4-5-9-21(27)24-19/h2-3,6-7,10-11,17,19-20H,4-5,8-9,12-14H2,1H3,(H,24,27)/t17-,19+,20-/m1/s1. The van der Waals surface area contributed by atoms with Crippen molar-refractivity contribution in [1.82, 2.24) is 20.0 Å². The van der Waals surface area contributed by atoms with Crippen molar-refractivity contribution in [2.75, 3.05) is 0 Å². The van der Waals surface area contributed by atoms with Crippen LogP contribution in [0, 0.1) is 5.82 Å². The molecule has 3 atom stereocenters. The van der Waals surface area contributed by atoms with Gasteiger partial charge in [0.25, 0.3) is 0 Å². The van der Waals surface area contributed by atoms with Gasteiger partial charge in [-0.1, -0.05) is 24.6 Å². The van der Waals surface area contributed by atoms with Crippen molar-refractivity contribution in [2.24, 2.45) is 7.05 Å². The van der Waals surface area contributed by atoms with Crippen molar-refractivity contribution >= 4 is 5.91 Å². The molecular formula is C21H27FN4O. The number of amides is 1. The number of likely N-dealkylation sites (tertiary alicyclic amines) is 1. The first-order chi connectivity index (χ1) is 13.1. The van der Waals surface area contributed by atoms with Gasteiger partial charge in [0, 0.05) is 44.3 Å². The molecule has 4 rings (SSSR count). The van der Waals surface area contributed by atoms with E-state index in [1.807, 2.05) is 36.1 Å². The Morgan fingerprint density at radius 2 is 2.11 bits per heavy atom. The van der Waals surface area contributed by atoms with E-state index in [1.54, 1.807) is 6.07 Å². The minimum absolute atomic E-state index is 0.141. The van der Waals surface area contributed by atoms with E-state index in [0.29, 0.717) is 18.9 Å². The molecule has 2 fully saturated rings. The van der Waals surface area contributed by atoms with Crippen LogP contribution in [0.4, 0.5) is 4.39 Å². The minimum atomic E-state index is -0.147. The number of nitrogens with one attached hydrogen (secondary N) is 1. The highest BCUT2D eigenvalue weighted by atomic mass is 19.1. The Kier molecular flexibility index (Phi) is 5.25. The summed E-state index contributed by atoms with van der Waals surface area (Å²) in [5.74, 6) is 0.00283. The monoisotopic (exact) mass is 370 g/mol. The van der Waals surface area contributed by atoms with E-state index >= 15 is 0 Å². The summed E-state index contributed by atoms with van der Waals surface area (Å²) >= 11 is 0. The fraction of sp³-hybridized carbons (Fsp3) is 0.524. The van der Waals surface area contributed by atoms with E-state index in [0.717, 1.165) is 43.5 Å². The van der Waals surface area contributed by atoms with E-state index in [1.165, 1.54) is 6.07 Å². The highest BCUT2D eigenvalue weighted by Crippen LogP contribution is 2.33. The SMILES string of the molecule is Cn1nccc1CN1[C@H](Cc2ccccc2F)C[C@@H]2NC(=O)CCCC[C@H]21. The predicted octanol–water partition coefficient (Wildman–Crippen LogP) is 2.80. The van der Waals surface area contributed by atoms with Crippen LogP contribution in [0.1, 0.15) is 43.4 Å². The quantitative estimate of drug-likeness (QED) is 0.900. The molecule has 0 unspecified atom stereocenters. The number of benzene rings is 1.